The summed E-state index contributed by atoms with van der Waals surface area (Å²) in [7, 11) is 0. The van der Waals surface area contributed by atoms with Gasteiger partial charge < -0.3 is 15.2 Å². The Hall–Kier alpha value is -2.04. The average molecular weight is 333 g/mol. The maximum absolute atomic E-state index is 12.1. The number of carbonyl (C=O) groups is 2. The highest BCUT2D eigenvalue weighted by molar-refractivity contribution is 5.76. The molecule has 1 aliphatic carbocycles. The van der Waals surface area contributed by atoms with Crippen molar-refractivity contribution in [3.63, 3.8) is 0 Å². The Morgan fingerprint density at radius 3 is 2.42 bits per heavy atom. The molecule has 5 heteroatoms. The second-order valence-corrected chi connectivity index (χ2v) is 6.45. The number of carboxylic acids is 1. The molecule has 5 nitrogen and oxygen atoms in total. The van der Waals surface area contributed by atoms with Crippen molar-refractivity contribution in [2.75, 3.05) is 6.61 Å². The molecule has 1 aromatic carbocycles. The fraction of sp³-hybridized carbons (Fsp3) is 0.579. The van der Waals surface area contributed by atoms with Crippen molar-refractivity contribution in [1.29, 1.82) is 0 Å². The van der Waals surface area contributed by atoms with Gasteiger partial charge in [0.15, 0.2) is 0 Å². The van der Waals surface area contributed by atoms with Gasteiger partial charge >= 0.3 is 5.97 Å². The summed E-state index contributed by atoms with van der Waals surface area (Å²) < 4.78 is 5.54. The van der Waals surface area contributed by atoms with E-state index in [9.17, 15) is 9.59 Å². The van der Waals surface area contributed by atoms with Crippen molar-refractivity contribution < 1.29 is 19.4 Å². The minimum absolute atomic E-state index is 0.0417. The molecule has 0 unspecified atom stereocenters. The van der Waals surface area contributed by atoms with E-state index < -0.39 is 5.97 Å². The van der Waals surface area contributed by atoms with Crippen LogP contribution >= 0.6 is 0 Å². The maximum Gasteiger partial charge on any atom is 0.306 e. The van der Waals surface area contributed by atoms with Crippen LogP contribution in [0.5, 0.6) is 5.75 Å². The third-order valence-electron chi connectivity index (χ3n) is 4.48. The molecule has 132 valence electrons. The smallest absolute Gasteiger partial charge is 0.306 e. The van der Waals surface area contributed by atoms with Crippen molar-refractivity contribution in [3.05, 3.63) is 29.8 Å². The summed E-state index contributed by atoms with van der Waals surface area (Å²) in [5, 5.41) is 12.0. The quantitative estimate of drug-likeness (QED) is 0.766. The summed E-state index contributed by atoms with van der Waals surface area (Å²) in [4.78, 5) is 23.0. The van der Waals surface area contributed by atoms with E-state index in [4.69, 9.17) is 9.84 Å². The Bertz CT molecular complexity index is 533. The monoisotopic (exact) mass is 333 g/mol. The normalized spacial score (nSPS) is 20.4. The number of carbonyl (C=O) groups excluding carboxylic acids is 1. The number of rotatable bonds is 8. The Labute approximate surface area is 143 Å². The average Bonchev–Trinajstić information content (AvgIpc) is 2.59. The van der Waals surface area contributed by atoms with Crippen LogP contribution in [-0.2, 0) is 16.0 Å². The van der Waals surface area contributed by atoms with Gasteiger partial charge in [-0.1, -0.05) is 19.1 Å². The Balaban J connectivity index is 1.69. The molecule has 1 fully saturated rings. The molecule has 0 saturated heterocycles. The highest BCUT2D eigenvalue weighted by Crippen LogP contribution is 2.24. The lowest BCUT2D eigenvalue weighted by Gasteiger charge is -2.26. The number of benzene rings is 1. The Kier molecular flexibility index (Phi) is 7.09. The molecular weight excluding hydrogens is 306 g/mol. The van der Waals surface area contributed by atoms with Gasteiger partial charge in [-0.15, -0.1) is 0 Å². The van der Waals surface area contributed by atoms with E-state index in [2.05, 4.69) is 12.2 Å². The first-order valence-electron chi connectivity index (χ1n) is 8.82. The van der Waals surface area contributed by atoms with Gasteiger partial charge in [0.1, 0.15) is 5.75 Å². The van der Waals surface area contributed by atoms with Gasteiger partial charge in [0, 0.05) is 12.5 Å². The van der Waals surface area contributed by atoms with Gasteiger partial charge in [-0.05, 0) is 56.2 Å². The van der Waals surface area contributed by atoms with Crippen LogP contribution in [0.2, 0.25) is 0 Å². The molecule has 0 aromatic heterocycles. The molecule has 0 spiro atoms. The van der Waals surface area contributed by atoms with Crippen LogP contribution in [0.3, 0.4) is 0 Å². The molecular formula is C19H27NO4. The Morgan fingerprint density at radius 2 is 1.83 bits per heavy atom. The number of hydrogen-bond donors (Lipinski definition) is 2. The minimum Gasteiger partial charge on any atom is -0.494 e. The van der Waals surface area contributed by atoms with E-state index in [0.717, 1.165) is 30.6 Å². The fourth-order valence-corrected chi connectivity index (χ4v) is 3.01. The summed E-state index contributed by atoms with van der Waals surface area (Å²) in [6.45, 7) is 2.78. The highest BCUT2D eigenvalue weighted by Gasteiger charge is 2.26. The van der Waals surface area contributed by atoms with Crippen molar-refractivity contribution in [2.45, 2.75) is 57.9 Å². The van der Waals surface area contributed by atoms with Crippen LogP contribution in [-0.4, -0.2) is 29.6 Å². The van der Waals surface area contributed by atoms with Crippen LogP contribution in [0.15, 0.2) is 24.3 Å². The molecule has 0 radical (unpaired) electrons. The largest absolute Gasteiger partial charge is 0.494 e. The second-order valence-electron chi connectivity index (χ2n) is 6.45. The van der Waals surface area contributed by atoms with Crippen LogP contribution in [0.4, 0.5) is 0 Å². The molecule has 0 heterocycles. The molecule has 0 bridgehead atoms. The number of hydrogen-bond acceptors (Lipinski definition) is 3. The first-order chi connectivity index (χ1) is 11.6. The minimum atomic E-state index is -0.717. The van der Waals surface area contributed by atoms with E-state index >= 15 is 0 Å². The third-order valence-corrected chi connectivity index (χ3v) is 4.48. The molecule has 0 aliphatic heterocycles. The zero-order chi connectivity index (χ0) is 17.4. The van der Waals surface area contributed by atoms with Gasteiger partial charge in [-0.2, -0.15) is 0 Å². The lowest BCUT2D eigenvalue weighted by atomic mass is 9.86. The lowest BCUT2D eigenvalue weighted by molar-refractivity contribution is -0.142. The number of aryl methyl sites for hydroxylation is 1. The first kappa shape index (κ1) is 18.3. The highest BCUT2D eigenvalue weighted by atomic mass is 16.5. The van der Waals surface area contributed by atoms with Crippen molar-refractivity contribution in [3.8, 4) is 5.75 Å². The molecule has 0 atom stereocenters. The van der Waals surface area contributed by atoms with Gasteiger partial charge in [0.25, 0.3) is 0 Å². The van der Waals surface area contributed by atoms with Gasteiger partial charge in [-0.25, -0.2) is 0 Å². The summed E-state index contributed by atoms with van der Waals surface area (Å²) in [6, 6.07) is 8.00. The first-order valence-corrected chi connectivity index (χ1v) is 8.82. The lowest BCUT2D eigenvalue weighted by Crippen LogP contribution is -2.38. The van der Waals surface area contributed by atoms with E-state index in [0.29, 0.717) is 32.3 Å². The Morgan fingerprint density at radius 1 is 1.17 bits per heavy atom. The molecule has 24 heavy (non-hydrogen) atoms. The summed E-state index contributed by atoms with van der Waals surface area (Å²) >= 11 is 0. The molecule has 2 rings (SSSR count). The fourth-order valence-electron chi connectivity index (χ4n) is 3.01. The number of amides is 1. The van der Waals surface area contributed by atoms with E-state index in [1.807, 2.05) is 24.3 Å². The summed E-state index contributed by atoms with van der Waals surface area (Å²) in [5.41, 5.74) is 1.11. The van der Waals surface area contributed by atoms with Crippen molar-refractivity contribution >= 4 is 11.9 Å². The third kappa shape index (κ3) is 5.87. The SMILES string of the molecule is CCCOc1ccc(CCC(=O)NC2CCC(C(=O)O)CC2)cc1. The number of carboxylic acid groups (broad SMARTS) is 1. The van der Waals surface area contributed by atoms with Crippen LogP contribution < -0.4 is 10.1 Å². The van der Waals surface area contributed by atoms with E-state index in [1.165, 1.54) is 0 Å². The van der Waals surface area contributed by atoms with E-state index in [-0.39, 0.29) is 17.9 Å². The van der Waals surface area contributed by atoms with Crippen LogP contribution in [0, 0.1) is 5.92 Å². The predicted molar refractivity (Wildman–Crippen MR) is 92.1 cm³/mol. The van der Waals surface area contributed by atoms with Gasteiger partial charge in [0.2, 0.25) is 5.91 Å². The summed E-state index contributed by atoms with van der Waals surface area (Å²) in [6.07, 6.45) is 4.95. The van der Waals surface area contributed by atoms with Crippen molar-refractivity contribution in [2.24, 2.45) is 5.92 Å². The molecule has 1 aromatic rings. The zero-order valence-electron chi connectivity index (χ0n) is 14.3. The zero-order valence-corrected chi connectivity index (χ0v) is 14.3. The number of nitrogens with one attached hydrogen (secondary N) is 1. The number of ether oxygens (including phenoxy) is 1. The molecule has 2 N–H and O–H groups in total. The molecule has 1 saturated carbocycles. The second kappa shape index (κ2) is 9.30. The van der Waals surface area contributed by atoms with Crippen molar-refractivity contribution in [1.82, 2.24) is 5.32 Å². The molecule has 1 aliphatic rings. The number of aliphatic carboxylic acids is 1. The van der Waals surface area contributed by atoms with Gasteiger partial charge in [-0.3, -0.25) is 9.59 Å². The topological polar surface area (TPSA) is 75.6 Å². The van der Waals surface area contributed by atoms with E-state index in [1.54, 1.807) is 0 Å². The van der Waals surface area contributed by atoms with Crippen LogP contribution in [0.1, 0.15) is 51.0 Å². The molecule has 1 amide bonds. The predicted octanol–water partition coefficient (Wildman–Crippen LogP) is 3.17. The summed E-state index contributed by atoms with van der Waals surface area (Å²) in [5.74, 6) is -0.0574. The maximum atomic E-state index is 12.1. The van der Waals surface area contributed by atoms with Gasteiger partial charge in [0.05, 0.1) is 12.5 Å². The standard InChI is InChI=1S/C19H27NO4/c1-2-13-24-17-10-3-14(4-11-17)5-12-18(21)20-16-8-6-15(7-9-16)19(22)23/h3-4,10-11,15-16H,2,5-9,12-13H2,1H3,(H,20,21)(H,22,23). The van der Waals surface area contributed by atoms with Crippen LogP contribution in [0.25, 0.3) is 0 Å².